The SMILES string of the molecule is COc1ccc2cccnc2c1[SH](=O)=O. The van der Waals surface area contributed by atoms with E-state index in [1.807, 2.05) is 6.07 Å². The molecule has 0 bridgehead atoms. The molecule has 78 valence electrons. The standard InChI is InChI=1S/C10H9NO3S/c1-14-8-5-4-7-3-2-6-11-9(7)10(8)15(12)13/h2-6,15H,1H3. The van der Waals surface area contributed by atoms with Gasteiger partial charge in [-0.25, -0.2) is 8.42 Å². The zero-order valence-corrected chi connectivity index (χ0v) is 8.90. The summed E-state index contributed by atoms with van der Waals surface area (Å²) < 4.78 is 27.2. The van der Waals surface area contributed by atoms with Gasteiger partial charge in [0.15, 0.2) is 10.7 Å². The molecule has 5 heteroatoms. The van der Waals surface area contributed by atoms with E-state index in [9.17, 15) is 8.42 Å². The molecule has 0 aliphatic carbocycles. The molecule has 0 N–H and O–H groups in total. The lowest BCUT2D eigenvalue weighted by Crippen LogP contribution is -1.93. The Hall–Kier alpha value is -1.62. The average Bonchev–Trinajstić information content (AvgIpc) is 2.27. The molecule has 1 aromatic carbocycles. The third-order valence-electron chi connectivity index (χ3n) is 2.11. The van der Waals surface area contributed by atoms with Crippen LogP contribution in [0, 0.1) is 0 Å². The Morgan fingerprint density at radius 2 is 2.07 bits per heavy atom. The van der Waals surface area contributed by atoms with Crippen molar-refractivity contribution in [2.45, 2.75) is 4.90 Å². The van der Waals surface area contributed by atoms with E-state index in [2.05, 4.69) is 4.98 Å². The second-order valence-corrected chi connectivity index (χ2v) is 3.91. The van der Waals surface area contributed by atoms with Crippen LogP contribution in [0.15, 0.2) is 35.4 Å². The summed E-state index contributed by atoms with van der Waals surface area (Å²) in [7, 11) is -1.27. The van der Waals surface area contributed by atoms with Gasteiger partial charge in [0.05, 0.1) is 12.6 Å². The maximum Gasteiger partial charge on any atom is 0.174 e. The minimum absolute atomic E-state index is 0.144. The number of fused-ring (bicyclic) bond motifs is 1. The van der Waals surface area contributed by atoms with E-state index in [0.717, 1.165) is 5.39 Å². The van der Waals surface area contributed by atoms with E-state index < -0.39 is 10.7 Å². The van der Waals surface area contributed by atoms with Gasteiger partial charge in [0.2, 0.25) is 0 Å². The van der Waals surface area contributed by atoms with Crippen molar-refractivity contribution in [3.05, 3.63) is 30.5 Å². The average molecular weight is 223 g/mol. The molecule has 1 aromatic heterocycles. The van der Waals surface area contributed by atoms with Crippen molar-refractivity contribution < 1.29 is 13.2 Å². The van der Waals surface area contributed by atoms with Crippen molar-refractivity contribution in [1.82, 2.24) is 4.98 Å². The van der Waals surface area contributed by atoms with E-state index in [-0.39, 0.29) is 4.90 Å². The van der Waals surface area contributed by atoms with Crippen molar-refractivity contribution in [3.63, 3.8) is 0 Å². The number of hydrogen-bond acceptors (Lipinski definition) is 4. The van der Waals surface area contributed by atoms with Crippen LogP contribution in [0.3, 0.4) is 0 Å². The fourth-order valence-corrected chi connectivity index (χ4v) is 2.16. The number of rotatable bonds is 2. The number of thiol groups is 1. The van der Waals surface area contributed by atoms with Crippen molar-refractivity contribution in [1.29, 1.82) is 0 Å². The summed E-state index contributed by atoms with van der Waals surface area (Å²) in [5.74, 6) is 0.331. The number of nitrogens with zero attached hydrogens (tertiary/aromatic N) is 1. The lowest BCUT2D eigenvalue weighted by molar-refractivity contribution is 0.404. The van der Waals surface area contributed by atoms with Gasteiger partial charge in [0, 0.05) is 11.6 Å². The topological polar surface area (TPSA) is 56.3 Å². The Labute approximate surface area is 88.5 Å². The number of ether oxygens (including phenoxy) is 1. The van der Waals surface area contributed by atoms with Gasteiger partial charge in [-0.2, -0.15) is 0 Å². The van der Waals surface area contributed by atoms with E-state index in [4.69, 9.17) is 4.74 Å². The van der Waals surface area contributed by atoms with Crippen LogP contribution >= 0.6 is 0 Å². The second kappa shape index (κ2) is 3.86. The molecule has 0 aliphatic rings. The molecule has 15 heavy (non-hydrogen) atoms. The van der Waals surface area contributed by atoms with Crippen LogP contribution in [-0.4, -0.2) is 20.5 Å². The molecule has 0 saturated carbocycles. The highest BCUT2D eigenvalue weighted by Crippen LogP contribution is 2.27. The van der Waals surface area contributed by atoms with Crippen molar-refractivity contribution in [2.24, 2.45) is 0 Å². The first-order valence-electron chi connectivity index (χ1n) is 4.30. The van der Waals surface area contributed by atoms with E-state index in [0.29, 0.717) is 11.3 Å². The number of hydrogen-bond donors (Lipinski definition) is 1. The summed E-state index contributed by atoms with van der Waals surface area (Å²) >= 11 is 0. The molecule has 0 saturated heterocycles. The van der Waals surface area contributed by atoms with E-state index >= 15 is 0 Å². The third-order valence-corrected chi connectivity index (χ3v) is 2.91. The largest absolute Gasteiger partial charge is 0.495 e. The molecule has 2 aromatic rings. The third kappa shape index (κ3) is 1.66. The molecular weight excluding hydrogens is 214 g/mol. The number of pyridine rings is 1. The number of aromatic nitrogens is 1. The lowest BCUT2D eigenvalue weighted by Gasteiger charge is -2.05. The normalized spacial score (nSPS) is 10.8. The zero-order valence-electron chi connectivity index (χ0n) is 8.01. The van der Waals surface area contributed by atoms with Crippen LogP contribution in [-0.2, 0) is 10.7 Å². The molecular formula is C10H9NO3S. The summed E-state index contributed by atoms with van der Waals surface area (Å²) in [6.45, 7) is 0. The first-order chi connectivity index (χ1) is 7.24. The molecule has 0 fully saturated rings. The molecule has 0 aliphatic heterocycles. The highest BCUT2D eigenvalue weighted by Gasteiger charge is 2.10. The van der Waals surface area contributed by atoms with Gasteiger partial charge in [0.1, 0.15) is 10.6 Å². The lowest BCUT2D eigenvalue weighted by atomic mass is 10.2. The minimum atomic E-state index is -2.71. The second-order valence-electron chi connectivity index (χ2n) is 2.95. The Balaban J connectivity index is 2.91. The van der Waals surface area contributed by atoms with Crippen molar-refractivity contribution >= 4 is 21.6 Å². The maximum atomic E-state index is 11.1. The zero-order chi connectivity index (χ0) is 10.8. The Morgan fingerprint density at radius 1 is 1.27 bits per heavy atom. The van der Waals surface area contributed by atoms with Crippen molar-refractivity contribution in [3.8, 4) is 5.75 Å². The van der Waals surface area contributed by atoms with Crippen molar-refractivity contribution in [2.75, 3.05) is 7.11 Å². The number of benzene rings is 1. The fraction of sp³-hybridized carbons (Fsp3) is 0.100. The quantitative estimate of drug-likeness (QED) is 0.777. The van der Waals surface area contributed by atoms with Gasteiger partial charge in [-0.15, -0.1) is 0 Å². The van der Waals surface area contributed by atoms with Gasteiger partial charge in [-0.3, -0.25) is 4.98 Å². The van der Waals surface area contributed by atoms with Gasteiger partial charge in [0.25, 0.3) is 0 Å². The number of methoxy groups -OCH3 is 1. The molecule has 0 atom stereocenters. The highest BCUT2D eigenvalue weighted by molar-refractivity contribution is 7.72. The summed E-state index contributed by atoms with van der Waals surface area (Å²) in [6, 6.07) is 6.98. The summed E-state index contributed by atoms with van der Waals surface area (Å²) in [5, 5.41) is 0.785. The van der Waals surface area contributed by atoms with Crippen LogP contribution in [0.2, 0.25) is 0 Å². The Kier molecular flexibility index (Phi) is 2.55. The first-order valence-corrected chi connectivity index (χ1v) is 5.48. The molecule has 0 unspecified atom stereocenters. The molecule has 0 radical (unpaired) electrons. The van der Waals surface area contributed by atoms with E-state index in [1.54, 1.807) is 24.4 Å². The highest BCUT2D eigenvalue weighted by atomic mass is 32.2. The summed E-state index contributed by atoms with van der Waals surface area (Å²) in [5.41, 5.74) is 0.452. The fourth-order valence-electron chi connectivity index (χ4n) is 1.45. The summed E-state index contributed by atoms with van der Waals surface area (Å²) in [4.78, 5) is 4.19. The van der Waals surface area contributed by atoms with Gasteiger partial charge in [-0.05, 0) is 18.2 Å². The van der Waals surface area contributed by atoms with E-state index in [1.165, 1.54) is 7.11 Å². The van der Waals surface area contributed by atoms with Crippen LogP contribution < -0.4 is 4.74 Å². The van der Waals surface area contributed by atoms with Crippen LogP contribution in [0.1, 0.15) is 0 Å². The van der Waals surface area contributed by atoms with Crippen LogP contribution in [0.5, 0.6) is 5.75 Å². The van der Waals surface area contributed by atoms with Gasteiger partial charge < -0.3 is 4.74 Å². The monoisotopic (exact) mass is 223 g/mol. The Morgan fingerprint density at radius 3 is 2.73 bits per heavy atom. The minimum Gasteiger partial charge on any atom is -0.495 e. The molecule has 4 nitrogen and oxygen atoms in total. The predicted octanol–water partition coefficient (Wildman–Crippen LogP) is 1.21. The summed E-state index contributed by atoms with van der Waals surface area (Å²) in [6.07, 6.45) is 1.56. The van der Waals surface area contributed by atoms with Crippen LogP contribution in [0.4, 0.5) is 0 Å². The molecule has 2 rings (SSSR count). The van der Waals surface area contributed by atoms with Gasteiger partial charge in [-0.1, -0.05) is 6.07 Å². The Bertz CT molecular complexity index is 570. The first kappa shape index (κ1) is 9.92. The smallest absolute Gasteiger partial charge is 0.174 e. The van der Waals surface area contributed by atoms with Gasteiger partial charge >= 0.3 is 0 Å². The molecule has 0 amide bonds. The molecule has 1 heterocycles. The maximum absolute atomic E-state index is 11.1. The van der Waals surface area contributed by atoms with Crippen LogP contribution in [0.25, 0.3) is 10.9 Å². The predicted molar refractivity (Wildman–Crippen MR) is 56.9 cm³/mol. The molecule has 0 spiro atoms.